The molecule has 0 amide bonds. The van der Waals surface area contributed by atoms with Gasteiger partial charge in [-0.05, 0) is 71.8 Å². The summed E-state index contributed by atoms with van der Waals surface area (Å²) in [5.41, 5.74) is 0. The van der Waals surface area contributed by atoms with Crippen molar-refractivity contribution in [2.45, 2.75) is 57.9 Å². The number of piperidine rings is 2. The molecule has 2 rings (SSSR count). The normalized spacial score (nSPS) is 26.8. The smallest absolute Gasteiger partial charge is 0.00791 e. The number of rotatable bonds is 4. The van der Waals surface area contributed by atoms with E-state index in [-0.39, 0.29) is 0 Å². The predicted octanol–water partition coefficient (Wildman–Crippen LogP) is 2.74. The second-order valence-corrected chi connectivity index (χ2v) is 5.64. The molecule has 0 aromatic carbocycles. The van der Waals surface area contributed by atoms with Crippen molar-refractivity contribution >= 4 is 0 Å². The Kier molecular flexibility index (Phi) is 5.11. The lowest BCUT2D eigenvalue weighted by Gasteiger charge is -2.34. The molecular weight excluding hydrogens is 196 g/mol. The van der Waals surface area contributed by atoms with E-state index in [4.69, 9.17) is 0 Å². The van der Waals surface area contributed by atoms with Crippen molar-refractivity contribution in [3.63, 3.8) is 0 Å². The van der Waals surface area contributed by atoms with Crippen molar-refractivity contribution in [2.75, 3.05) is 32.7 Å². The van der Waals surface area contributed by atoms with Gasteiger partial charge in [0.25, 0.3) is 0 Å². The van der Waals surface area contributed by atoms with Crippen LogP contribution in [0.3, 0.4) is 0 Å². The highest BCUT2D eigenvalue weighted by Gasteiger charge is 2.18. The molecule has 2 heteroatoms. The summed E-state index contributed by atoms with van der Waals surface area (Å²) < 4.78 is 0. The molecular formula is C14H28N2. The largest absolute Gasteiger partial charge is 0.303 e. The zero-order valence-electron chi connectivity index (χ0n) is 11.0. The Bertz CT molecular complexity index is 181. The second kappa shape index (κ2) is 6.61. The van der Waals surface area contributed by atoms with E-state index in [1.54, 1.807) is 0 Å². The average Bonchev–Trinajstić information content (AvgIpc) is 2.38. The van der Waals surface area contributed by atoms with Gasteiger partial charge in [-0.3, -0.25) is 0 Å². The lowest BCUT2D eigenvalue weighted by Crippen LogP contribution is -2.40. The van der Waals surface area contributed by atoms with Crippen LogP contribution < -0.4 is 0 Å². The number of likely N-dealkylation sites (tertiary alicyclic amines) is 2. The summed E-state index contributed by atoms with van der Waals surface area (Å²) in [6, 6.07) is 0.808. The quantitative estimate of drug-likeness (QED) is 0.724. The summed E-state index contributed by atoms with van der Waals surface area (Å²) in [7, 11) is 0. The molecule has 0 radical (unpaired) electrons. The maximum Gasteiger partial charge on any atom is 0.00791 e. The average molecular weight is 224 g/mol. The molecule has 1 atom stereocenters. The fourth-order valence-electron chi connectivity index (χ4n) is 3.09. The van der Waals surface area contributed by atoms with Gasteiger partial charge < -0.3 is 9.80 Å². The zero-order chi connectivity index (χ0) is 11.2. The molecule has 2 nitrogen and oxygen atoms in total. The maximum atomic E-state index is 2.70. The highest BCUT2D eigenvalue weighted by atomic mass is 15.2. The van der Waals surface area contributed by atoms with Gasteiger partial charge in [0.05, 0.1) is 0 Å². The Labute approximate surface area is 101 Å². The monoisotopic (exact) mass is 224 g/mol. The van der Waals surface area contributed by atoms with Crippen LogP contribution in [0, 0.1) is 0 Å². The molecule has 0 saturated carbocycles. The Hall–Kier alpha value is -0.0800. The van der Waals surface area contributed by atoms with Crippen LogP contribution in [0.25, 0.3) is 0 Å². The molecule has 0 N–H and O–H groups in total. The van der Waals surface area contributed by atoms with Crippen molar-refractivity contribution in [1.29, 1.82) is 0 Å². The fourth-order valence-corrected chi connectivity index (χ4v) is 3.09. The van der Waals surface area contributed by atoms with Crippen LogP contribution in [0.5, 0.6) is 0 Å². The van der Waals surface area contributed by atoms with Gasteiger partial charge >= 0.3 is 0 Å². The fraction of sp³-hybridized carbons (Fsp3) is 1.00. The van der Waals surface area contributed by atoms with Crippen molar-refractivity contribution in [1.82, 2.24) is 9.80 Å². The maximum absolute atomic E-state index is 2.70. The van der Waals surface area contributed by atoms with E-state index >= 15 is 0 Å². The van der Waals surface area contributed by atoms with Crippen molar-refractivity contribution < 1.29 is 0 Å². The molecule has 0 aromatic rings. The lowest BCUT2D eigenvalue weighted by atomic mass is 10.1. The van der Waals surface area contributed by atoms with Crippen LogP contribution in [-0.4, -0.2) is 48.6 Å². The van der Waals surface area contributed by atoms with Gasteiger partial charge in [0, 0.05) is 6.04 Å². The highest BCUT2D eigenvalue weighted by Crippen LogP contribution is 2.15. The standard InChI is InChI=1S/C14H28N2/c1-14(16-11-6-3-7-12-16)8-13-15-9-4-2-5-10-15/h14H,2-13H2,1H3. The topological polar surface area (TPSA) is 6.48 Å². The number of nitrogens with zero attached hydrogens (tertiary/aromatic N) is 2. The van der Waals surface area contributed by atoms with Crippen LogP contribution in [0.2, 0.25) is 0 Å². The SMILES string of the molecule is CC(CCN1CCCCC1)N1CCCCC1. The van der Waals surface area contributed by atoms with Crippen LogP contribution in [0.15, 0.2) is 0 Å². The molecule has 2 aliphatic rings. The van der Waals surface area contributed by atoms with E-state index in [1.807, 2.05) is 0 Å². The first kappa shape index (κ1) is 12.4. The van der Waals surface area contributed by atoms with E-state index < -0.39 is 0 Å². The highest BCUT2D eigenvalue weighted by molar-refractivity contribution is 4.74. The van der Waals surface area contributed by atoms with E-state index in [2.05, 4.69) is 16.7 Å². The van der Waals surface area contributed by atoms with E-state index in [0.29, 0.717) is 0 Å². The zero-order valence-corrected chi connectivity index (χ0v) is 11.0. The van der Waals surface area contributed by atoms with Crippen molar-refractivity contribution in [3.8, 4) is 0 Å². The van der Waals surface area contributed by atoms with Gasteiger partial charge in [0.15, 0.2) is 0 Å². The minimum Gasteiger partial charge on any atom is -0.303 e. The Morgan fingerprint density at radius 2 is 1.38 bits per heavy atom. The Balaban J connectivity index is 1.63. The molecule has 0 spiro atoms. The summed E-state index contributed by atoms with van der Waals surface area (Å²) in [6.45, 7) is 9.16. The third kappa shape index (κ3) is 3.74. The first-order valence-electron chi connectivity index (χ1n) is 7.32. The summed E-state index contributed by atoms with van der Waals surface area (Å²) in [6.07, 6.45) is 9.99. The summed E-state index contributed by atoms with van der Waals surface area (Å²) in [5.74, 6) is 0. The molecule has 2 fully saturated rings. The molecule has 0 aliphatic carbocycles. The third-order valence-electron chi connectivity index (χ3n) is 4.33. The Morgan fingerprint density at radius 1 is 0.812 bits per heavy atom. The van der Waals surface area contributed by atoms with Gasteiger partial charge in [-0.2, -0.15) is 0 Å². The van der Waals surface area contributed by atoms with Gasteiger partial charge in [-0.1, -0.05) is 12.8 Å². The van der Waals surface area contributed by atoms with Crippen LogP contribution in [0.1, 0.15) is 51.9 Å². The van der Waals surface area contributed by atoms with Gasteiger partial charge in [-0.15, -0.1) is 0 Å². The molecule has 2 saturated heterocycles. The summed E-state index contributed by atoms with van der Waals surface area (Å²) in [4.78, 5) is 5.37. The summed E-state index contributed by atoms with van der Waals surface area (Å²) in [5, 5.41) is 0. The first-order valence-corrected chi connectivity index (χ1v) is 7.32. The molecule has 0 bridgehead atoms. The number of hydrogen-bond donors (Lipinski definition) is 0. The molecule has 16 heavy (non-hydrogen) atoms. The van der Waals surface area contributed by atoms with E-state index in [9.17, 15) is 0 Å². The molecule has 94 valence electrons. The van der Waals surface area contributed by atoms with E-state index in [1.165, 1.54) is 77.7 Å². The second-order valence-electron chi connectivity index (χ2n) is 5.64. The minimum absolute atomic E-state index is 0.808. The van der Waals surface area contributed by atoms with Crippen LogP contribution in [0.4, 0.5) is 0 Å². The minimum atomic E-state index is 0.808. The number of hydrogen-bond acceptors (Lipinski definition) is 2. The first-order chi connectivity index (χ1) is 7.86. The summed E-state index contributed by atoms with van der Waals surface area (Å²) >= 11 is 0. The van der Waals surface area contributed by atoms with Crippen LogP contribution in [-0.2, 0) is 0 Å². The molecule has 2 heterocycles. The van der Waals surface area contributed by atoms with E-state index in [0.717, 1.165) is 6.04 Å². The van der Waals surface area contributed by atoms with Crippen LogP contribution >= 0.6 is 0 Å². The van der Waals surface area contributed by atoms with Crippen molar-refractivity contribution in [2.24, 2.45) is 0 Å². The van der Waals surface area contributed by atoms with Crippen molar-refractivity contribution in [3.05, 3.63) is 0 Å². The predicted molar refractivity (Wildman–Crippen MR) is 69.8 cm³/mol. The molecule has 1 unspecified atom stereocenters. The lowest BCUT2D eigenvalue weighted by molar-refractivity contribution is 0.143. The third-order valence-corrected chi connectivity index (χ3v) is 4.33. The van der Waals surface area contributed by atoms with Gasteiger partial charge in [0.1, 0.15) is 0 Å². The molecule has 2 aliphatic heterocycles. The molecule has 0 aromatic heterocycles. The van der Waals surface area contributed by atoms with Gasteiger partial charge in [-0.25, -0.2) is 0 Å². The Morgan fingerprint density at radius 3 is 2.00 bits per heavy atom. The van der Waals surface area contributed by atoms with Gasteiger partial charge in [0.2, 0.25) is 0 Å².